The Morgan fingerprint density at radius 3 is 2.68 bits per heavy atom. The predicted molar refractivity (Wildman–Crippen MR) is 98.5 cm³/mol. The zero-order chi connectivity index (χ0) is 18.0. The average molecular weight is 395 g/mol. The summed E-state index contributed by atoms with van der Waals surface area (Å²) in [5.41, 5.74) is 5.20. The molecule has 3 rings (SSSR count). The zero-order valence-electron chi connectivity index (χ0n) is 13.2. The van der Waals surface area contributed by atoms with Crippen LogP contribution in [0.25, 0.3) is 10.6 Å². The predicted octanol–water partition coefficient (Wildman–Crippen LogP) is 3.62. The molecule has 0 saturated heterocycles. The number of aryl methyl sites for hydroxylation is 2. The molecule has 0 bridgehead atoms. The van der Waals surface area contributed by atoms with Crippen LogP contribution < -0.4 is 5.43 Å². The van der Waals surface area contributed by atoms with Crippen molar-refractivity contribution in [1.82, 2.24) is 25.2 Å². The summed E-state index contributed by atoms with van der Waals surface area (Å²) in [5.74, 6) is -0.409. The van der Waals surface area contributed by atoms with Gasteiger partial charge in [-0.2, -0.15) is 10.2 Å². The van der Waals surface area contributed by atoms with Crippen molar-refractivity contribution >= 4 is 46.9 Å². The van der Waals surface area contributed by atoms with Crippen LogP contribution in [0, 0.1) is 13.8 Å². The molecule has 128 valence electrons. The van der Waals surface area contributed by atoms with E-state index in [1.165, 1.54) is 17.7 Å². The normalized spacial score (nSPS) is 11.2. The smallest absolute Gasteiger partial charge is 0.275 e. The van der Waals surface area contributed by atoms with Gasteiger partial charge in [-0.15, -0.1) is 5.10 Å². The fourth-order valence-corrected chi connectivity index (χ4v) is 3.31. The lowest BCUT2D eigenvalue weighted by Crippen LogP contribution is -2.19. The lowest BCUT2D eigenvalue weighted by molar-refractivity contribution is 0.0955. The first-order valence-electron chi connectivity index (χ1n) is 7.10. The second-order valence-electron chi connectivity index (χ2n) is 5.09. The fraction of sp³-hybridized carbons (Fsp3) is 0.133. The van der Waals surface area contributed by atoms with Crippen molar-refractivity contribution in [1.29, 1.82) is 0 Å². The molecule has 10 heteroatoms. The van der Waals surface area contributed by atoms with Crippen molar-refractivity contribution in [2.24, 2.45) is 5.10 Å². The molecule has 0 radical (unpaired) electrons. The summed E-state index contributed by atoms with van der Waals surface area (Å²) in [6.45, 7) is 3.56. The Labute approximate surface area is 157 Å². The Morgan fingerprint density at radius 1 is 1.32 bits per heavy atom. The van der Waals surface area contributed by atoms with Crippen LogP contribution in [0.3, 0.4) is 0 Å². The van der Waals surface area contributed by atoms with E-state index < -0.39 is 5.91 Å². The molecule has 25 heavy (non-hydrogen) atoms. The lowest BCUT2D eigenvalue weighted by Gasteiger charge is -2.03. The highest BCUT2D eigenvalue weighted by atomic mass is 35.5. The molecule has 2 N–H and O–H groups in total. The van der Waals surface area contributed by atoms with Crippen molar-refractivity contribution in [3.63, 3.8) is 0 Å². The van der Waals surface area contributed by atoms with Crippen LogP contribution in [-0.4, -0.2) is 31.9 Å². The minimum Gasteiger partial charge on any atom is -0.281 e. The number of H-pyrrole nitrogens is 1. The van der Waals surface area contributed by atoms with E-state index in [1.807, 2.05) is 6.92 Å². The topological polar surface area (TPSA) is 95.9 Å². The number of aromatic nitrogens is 4. The summed E-state index contributed by atoms with van der Waals surface area (Å²) in [4.78, 5) is 13.3. The Bertz CT molecular complexity index is 945. The van der Waals surface area contributed by atoms with Gasteiger partial charge in [-0.3, -0.25) is 9.89 Å². The van der Waals surface area contributed by atoms with Gasteiger partial charge in [0.05, 0.1) is 32.4 Å². The number of hydrogen-bond acceptors (Lipinski definition) is 6. The van der Waals surface area contributed by atoms with Crippen molar-refractivity contribution in [2.75, 3.05) is 0 Å². The van der Waals surface area contributed by atoms with E-state index in [9.17, 15) is 4.79 Å². The van der Waals surface area contributed by atoms with Crippen molar-refractivity contribution < 1.29 is 4.79 Å². The minimum atomic E-state index is -0.409. The highest BCUT2D eigenvalue weighted by Gasteiger charge is 2.22. The third kappa shape index (κ3) is 3.55. The molecule has 0 fully saturated rings. The Morgan fingerprint density at radius 2 is 2.04 bits per heavy atom. The maximum absolute atomic E-state index is 12.5. The van der Waals surface area contributed by atoms with E-state index >= 15 is 0 Å². The minimum absolute atomic E-state index is 0.386. The van der Waals surface area contributed by atoms with Crippen molar-refractivity contribution in [3.05, 3.63) is 50.8 Å². The molecule has 0 atom stereocenters. The molecule has 7 nitrogen and oxygen atoms in total. The number of amides is 1. The Hall–Kier alpha value is -2.29. The maximum atomic E-state index is 12.5. The van der Waals surface area contributed by atoms with Crippen LogP contribution in [0.2, 0.25) is 10.0 Å². The molecule has 0 aliphatic carbocycles. The van der Waals surface area contributed by atoms with Crippen molar-refractivity contribution in [3.8, 4) is 10.6 Å². The Kier molecular flexibility index (Phi) is 5.12. The number of halogens is 2. The summed E-state index contributed by atoms with van der Waals surface area (Å²) in [5, 5.41) is 15.8. The molecule has 0 unspecified atom stereocenters. The van der Waals surface area contributed by atoms with Gasteiger partial charge in [-0.25, -0.2) is 5.43 Å². The van der Waals surface area contributed by atoms with Gasteiger partial charge >= 0.3 is 0 Å². The van der Waals surface area contributed by atoms with E-state index in [2.05, 4.69) is 30.3 Å². The van der Waals surface area contributed by atoms with Gasteiger partial charge in [-0.05, 0) is 37.5 Å². The second-order valence-corrected chi connectivity index (χ2v) is 6.66. The summed E-state index contributed by atoms with van der Waals surface area (Å²) in [6.07, 6.45) is 1.40. The zero-order valence-corrected chi connectivity index (χ0v) is 15.5. The van der Waals surface area contributed by atoms with E-state index in [0.29, 0.717) is 38.3 Å². The van der Waals surface area contributed by atoms with Gasteiger partial charge in [0, 0.05) is 11.3 Å². The van der Waals surface area contributed by atoms with Crippen LogP contribution in [0.5, 0.6) is 0 Å². The standard InChI is InChI=1S/C15H12Cl2N6OS/c1-7-12(13(21-19-7)14-8(2)20-23-25-14)15(24)22-18-6-9-10(16)4-3-5-11(9)17/h3-6H,1-2H3,(H,19,21)(H,22,24)/b18-6+. The number of carbonyl (C=O) groups is 1. The van der Waals surface area contributed by atoms with Crippen LogP contribution in [0.15, 0.2) is 23.3 Å². The third-order valence-corrected chi connectivity index (χ3v) is 4.89. The fourth-order valence-electron chi connectivity index (χ4n) is 2.17. The number of rotatable bonds is 4. The number of aromatic amines is 1. The first kappa shape index (κ1) is 17.5. The molecular weight excluding hydrogens is 383 g/mol. The van der Waals surface area contributed by atoms with Gasteiger partial charge in [-0.1, -0.05) is 33.8 Å². The summed E-state index contributed by atoms with van der Waals surface area (Å²) in [7, 11) is 0. The maximum Gasteiger partial charge on any atom is 0.275 e. The van der Waals surface area contributed by atoms with E-state index in [4.69, 9.17) is 23.2 Å². The average Bonchev–Trinajstić information content (AvgIpc) is 3.15. The number of hydrazone groups is 1. The lowest BCUT2D eigenvalue weighted by atomic mass is 10.1. The first-order chi connectivity index (χ1) is 12.0. The van der Waals surface area contributed by atoms with Gasteiger partial charge in [0.1, 0.15) is 5.69 Å². The van der Waals surface area contributed by atoms with E-state index in [-0.39, 0.29) is 0 Å². The number of hydrogen-bond donors (Lipinski definition) is 2. The molecule has 1 amide bonds. The molecule has 0 spiro atoms. The number of nitrogens with zero attached hydrogens (tertiary/aromatic N) is 4. The van der Waals surface area contributed by atoms with Gasteiger partial charge in [0.2, 0.25) is 0 Å². The quantitative estimate of drug-likeness (QED) is 0.521. The second kappa shape index (κ2) is 7.30. The molecule has 2 aromatic heterocycles. The molecule has 0 aliphatic heterocycles. The first-order valence-corrected chi connectivity index (χ1v) is 8.63. The van der Waals surface area contributed by atoms with E-state index in [1.54, 1.807) is 25.1 Å². The Balaban J connectivity index is 1.84. The molecule has 3 aromatic rings. The van der Waals surface area contributed by atoms with E-state index in [0.717, 1.165) is 4.88 Å². The van der Waals surface area contributed by atoms with Crippen molar-refractivity contribution in [2.45, 2.75) is 13.8 Å². The summed E-state index contributed by atoms with van der Waals surface area (Å²) < 4.78 is 3.88. The van der Waals surface area contributed by atoms with Gasteiger partial charge < -0.3 is 0 Å². The van der Waals surface area contributed by atoms with Crippen LogP contribution in [0.1, 0.15) is 27.3 Å². The third-order valence-electron chi connectivity index (χ3n) is 3.40. The van der Waals surface area contributed by atoms with Crippen LogP contribution >= 0.6 is 34.7 Å². The van der Waals surface area contributed by atoms with Gasteiger partial charge in [0.25, 0.3) is 5.91 Å². The number of benzene rings is 1. The molecule has 0 aliphatic rings. The van der Waals surface area contributed by atoms with Crippen LogP contribution in [-0.2, 0) is 0 Å². The SMILES string of the molecule is Cc1nnsc1-c1n[nH]c(C)c1C(=O)N/N=C/c1c(Cl)cccc1Cl. The van der Waals surface area contributed by atoms with Crippen LogP contribution in [0.4, 0.5) is 0 Å². The molecule has 0 saturated carbocycles. The largest absolute Gasteiger partial charge is 0.281 e. The summed E-state index contributed by atoms with van der Waals surface area (Å²) >= 11 is 13.3. The number of nitrogens with one attached hydrogen (secondary N) is 2. The summed E-state index contributed by atoms with van der Waals surface area (Å²) in [6, 6.07) is 5.11. The number of carbonyl (C=O) groups excluding carboxylic acids is 1. The van der Waals surface area contributed by atoms with Gasteiger partial charge in [0.15, 0.2) is 0 Å². The molecular formula is C15H12Cl2N6OS. The monoisotopic (exact) mass is 394 g/mol. The highest BCUT2D eigenvalue weighted by molar-refractivity contribution is 7.09. The molecule has 1 aromatic carbocycles. The molecule has 2 heterocycles. The highest BCUT2D eigenvalue weighted by Crippen LogP contribution is 2.28.